The second kappa shape index (κ2) is 32.1. The van der Waals surface area contributed by atoms with Crippen molar-refractivity contribution in [2.24, 2.45) is 0 Å². The van der Waals surface area contributed by atoms with Gasteiger partial charge >= 0.3 is 239 Å². The van der Waals surface area contributed by atoms with Crippen molar-refractivity contribution in [3.63, 3.8) is 0 Å². The minimum Gasteiger partial charge on any atom is -0.227 e. The van der Waals surface area contributed by atoms with Crippen LogP contribution in [0.1, 0.15) is 59.3 Å². The van der Waals surface area contributed by atoms with Crippen LogP contribution in [0.2, 0.25) is 0 Å². The van der Waals surface area contributed by atoms with Gasteiger partial charge in [-0.15, -0.1) is 0 Å². The minimum absolute atomic E-state index is 0.281. The molecule has 0 aliphatic rings. The Balaban J connectivity index is 13.1. The van der Waals surface area contributed by atoms with E-state index in [1.54, 1.807) is 0 Å². The molecule has 0 aliphatic carbocycles. The first kappa shape index (κ1) is 126. The molecule has 0 bridgehead atoms. The second-order valence-electron chi connectivity index (χ2n) is 25.6. The van der Waals surface area contributed by atoms with Crippen molar-refractivity contribution in [3.8, 4) is 0 Å². The smallest absolute Gasteiger partial charge is 0.227 e. The highest BCUT2D eigenvalue weighted by Crippen LogP contribution is 2.80. The summed E-state index contributed by atoms with van der Waals surface area (Å²) in [6.45, 7) is -1.58. The zero-order valence-corrected chi connectivity index (χ0v) is 59.2. The Morgan fingerprint density at radius 3 is 0.336 bits per heavy atom. The number of hydrogen-bond donors (Lipinski definition) is 0. The van der Waals surface area contributed by atoms with Gasteiger partial charge in [-0.3, -0.25) is 0 Å². The third-order valence-corrected chi connectivity index (χ3v) is 18.3. The Morgan fingerprint density at radius 1 is 0.145 bits per heavy atom. The predicted octanol–water partition coefficient (Wildman–Crippen LogP) is 29.2. The zero-order valence-electron chi connectivity index (χ0n) is 58.3. The molecule has 0 aromatic carbocycles. The van der Waals surface area contributed by atoms with Crippen LogP contribution in [0.5, 0.6) is 0 Å². The van der Waals surface area contributed by atoms with Gasteiger partial charge in [0.2, 0.25) is 0 Å². The average molecular weight is 2170 g/mol. The fourth-order valence-corrected chi connectivity index (χ4v) is 10.6. The van der Waals surface area contributed by atoms with E-state index in [2.05, 4.69) is 0 Å². The fraction of sp³-hybridized carbons (Fsp3) is 1.00. The van der Waals surface area contributed by atoms with E-state index in [9.17, 15) is 176 Å². The monoisotopic (exact) mass is 2170 g/mol. The average Bonchev–Trinajstić information content (AvgIpc) is 0.664. The van der Waals surface area contributed by atoms with Gasteiger partial charge in [0.1, 0.15) is 0 Å². The summed E-state index contributed by atoms with van der Waals surface area (Å²) in [5, 5.41) is 0. The lowest BCUT2D eigenvalue weighted by Gasteiger charge is -2.51. The minimum atomic E-state index is -14.9. The molecular weight excluding hydrogens is 2150 g/mol. The molecule has 0 aromatic rings. The summed E-state index contributed by atoms with van der Waals surface area (Å²) in [6.07, 6.45) is -87.6. The molecule has 0 aliphatic heterocycles. The van der Waals surface area contributed by atoms with E-state index < -0.39 is 299 Å². The van der Waals surface area contributed by atoms with E-state index in [0.29, 0.717) is 0 Å². The molecule has 83 heteroatoms. The Bertz CT molecular complexity index is 3630. The van der Waals surface area contributed by atoms with E-state index in [0.717, 1.165) is 0 Å². The maximum absolute atomic E-state index is 17.1. The summed E-state index contributed by atoms with van der Waals surface area (Å²) in [6, 6.07) is 0. The summed E-state index contributed by atoms with van der Waals surface area (Å²) < 4.78 is 1180. The van der Waals surface area contributed by atoms with Crippen LogP contribution in [-0.4, -0.2) is 232 Å². The van der Waals surface area contributed by atoms with Crippen LogP contribution in [0.25, 0.3) is 0 Å². The van der Waals surface area contributed by atoms with Crippen molar-refractivity contribution in [3.05, 3.63) is 0 Å². The van der Waals surface area contributed by atoms with Gasteiger partial charge in [-0.05, 0) is 0 Å². The van der Waals surface area contributed by atoms with Crippen molar-refractivity contribution >= 4 is 7.82 Å². The van der Waals surface area contributed by atoms with E-state index >= 15 is 171 Å². The third-order valence-electron chi connectivity index (χ3n) is 16.9. The van der Waals surface area contributed by atoms with Crippen LogP contribution < -0.4 is 0 Å². The van der Waals surface area contributed by atoms with Gasteiger partial charge in [-0.2, -0.15) is 329 Å². The van der Waals surface area contributed by atoms with Gasteiger partial charge in [0.05, 0.1) is 0 Å². The molecule has 0 rings (SSSR count). The molecule has 3 unspecified atom stereocenters. The van der Waals surface area contributed by atoms with Gasteiger partial charge in [0.25, 0.3) is 0 Å². The van der Waals surface area contributed by atoms with Gasteiger partial charge < -0.3 is 0 Å². The molecule has 131 heavy (non-hydrogen) atoms. The predicted molar refractivity (Wildman–Crippen MR) is 249 cm³/mol. The number of alkyl halides is 78. The van der Waals surface area contributed by atoms with E-state index in [-0.39, 0.29) is 13.6 Å². The zero-order chi connectivity index (χ0) is 108. The van der Waals surface area contributed by atoms with Crippen LogP contribution in [0.3, 0.4) is 0 Å². The summed E-state index contributed by atoms with van der Waals surface area (Å²) in [5.41, 5.74) is -39.9. The van der Waals surface area contributed by atoms with Crippen molar-refractivity contribution in [1.82, 2.24) is 0 Å². The van der Waals surface area contributed by atoms with Crippen LogP contribution in [0.4, 0.5) is 342 Å². The maximum atomic E-state index is 17.1. The van der Waals surface area contributed by atoms with Crippen molar-refractivity contribution in [1.29, 1.82) is 0 Å². The van der Waals surface area contributed by atoms with Gasteiger partial charge in [-0.1, -0.05) is 40.0 Å². The van der Waals surface area contributed by atoms with Crippen molar-refractivity contribution in [2.75, 3.05) is 0 Å². The molecule has 0 amide bonds. The SMILES string of the molecule is CCCC(F)(F)C(F)(F)C(F)(F)C(F)(F)C(F)(F)C(F)(C(F)(F)OP(=O)(OC(F)(F)C(F)(C(F)(F)C(F)(F)C(F)(F)C(F)(F)C(F)(F)CCC)C(F)(F)C(F)(F)C(F)(F)C(F)(F)C(F)(F)C(F)(F)F)OC(F)(F)C(F)(C(F)(F)C(F)(F)C(F)(F)C(F)(F)C(F)(F)CCC)C(F)(F)C(F)(F)C(F)(F)C(F)(F)C(F)(F)C(F)(F)F)C(F)(F)C(F)(F)C(F)(F)C(F)(F)C(F)(F)C(F)(F)F. The summed E-state index contributed by atoms with van der Waals surface area (Å²) in [5.74, 6) is -335. The number of rotatable bonds is 45. The number of halogens is 78. The molecule has 0 aromatic heterocycles. The molecule has 0 heterocycles. The van der Waals surface area contributed by atoms with Crippen molar-refractivity contribution in [2.45, 2.75) is 291 Å². The van der Waals surface area contributed by atoms with Crippen LogP contribution in [0, 0.1) is 0 Å². The summed E-state index contributed by atoms with van der Waals surface area (Å²) in [4.78, 5) is 0. The van der Waals surface area contributed by atoms with Crippen molar-refractivity contribution < 1.29 is 361 Å². The lowest BCUT2D eigenvalue weighted by Crippen LogP contribution is -2.83. The largest absolute Gasteiger partial charge is 0.489 e. The normalized spacial score (nSPS) is 18.8. The van der Waals surface area contributed by atoms with Gasteiger partial charge in [0, 0.05) is 19.3 Å². The van der Waals surface area contributed by atoms with Crippen LogP contribution in [-0.2, 0) is 18.1 Å². The van der Waals surface area contributed by atoms with Gasteiger partial charge in [-0.25, -0.2) is 31.3 Å². The van der Waals surface area contributed by atoms with E-state index in [1.807, 2.05) is 0 Å². The number of hydrogen-bond acceptors (Lipinski definition) is 4. The van der Waals surface area contributed by atoms with E-state index in [1.165, 1.54) is 0 Å². The lowest BCUT2D eigenvalue weighted by molar-refractivity contribution is -0.504. The first-order valence-electron chi connectivity index (χ1n) is 29.8. The molecule has 788 valence electrons. The fourth-order valence-electron chi connectivity index (χ4n) is 9.25. The highest BCUT2D eigenvalue weighted by atomic mass is 31.2. The Labute approximate surface area is 660 Å². The Kier molecular flexibility index (Phi) is 30.8. The van der Waals surface area contributed by atoms with Gasteiger partial charge in [0.15, 0.2) is 0 Å². The highest BCUT2D eigenvalue weighted by molar-refractivity contribution is 7.48. The second-order valence-corrected chi connectivity index (χ2v) is 27.1. The van der Waals surface area contributed by atoms with E-state index in [4.69, 9.17) is 0 Å². The standard InChI is InChI=1S/C48H21F78O4P/c1-4-7-10(49,50)16(58,59)25(76,77)28(82,83)19(64,65)13(55,22(70,71)31(88,89)34(94,95)37(100,101)40(106,107)43(112,113)114)46(121,122)128-131(127,129-47(123,124)14(56,20(66,67)29(84,85)26(78,79)17(60,61)11(51,52)8-5-2)23(72,73)32(90,91)35(96,97)38(102,103)41(108,109)44(115,116)117)130-48(125,126)15(57,21(68,69)30(86,87)27(80,81)18(62,63)12(53,54)9-6-3)24(74,75)33(92,93)36(98,99)39(104,105)42(110,111)45(118,119)120/h4-9H2,1-3H3. The molecule has 0 spiro atoms. The number of phosphoric ester groups is 1. The molecule has 3 atom stereocenters. The number of phosphoric acid groups is 1. The highest BCUT2D eigenvalue weighted by Gasteiger charge is 3.09. The van der Waals surface area contributed by atoms with Crippen LogP contribution in [0.15, 0.2) is 0 Å². The van der Waals surface area contributed by atoms with Crippen LogP contribution >= 0.6 is 7.82 Å². The maximum Gasteiger partial charge on any atom is 0.489 e. The lowest BCUT2D eigenvalue weighted by atomic mass is 9.76. The molecule has 0 fully saturated rings. The molecule has 0 N–H and O–H groups in total. The summed E-state index contributed by atoms with van der Waals surface area (Å²) in [7, 11) is -14.9. The molecular formula is C48H21F78O4P. The first-order valence-corrected chi connectivity index (χ1v) is 31.2. The molecule has 0 saturated carbocycles. The summed E-state index contributed by atoms with van der Waals surface area (Å²) >= 11 is 0. The molecule has 0 saturated heterocycles. The Morgan fingerprint density at radius 2 is 0.237 bits per heavy atom. The third kappa shape index (κ3) is 15.4. The molecule has 0 radical (unpaired) electrons. The quantitative estimate of drug-likeness (QED) is 0.0450. The first-order chi connectivity index (χ1) is 55.3. The topological polar surface area (TPSA) is 44.8 Å². The Hall–Kier alpha value is -5.35. The molecule has 4 nitrogen and oxygen atoms in total.